The molecule has 0 atom stereocenters. The fourth-order valence-electron chi connectivity index (χ4n) is 1.94. The highest BCUT2D eigenvalue weighted by Gasteiger charge is 2.05. The first kappa shape index (κ1) is 10.7. The fourth-order valence-corrected chi connectivity index (χ4v) is 1.94. The third-order valence-corrected chi connectivity index (χ3v) is 2.89. The highest BCUT2D eigenvalue weighted by molar-refractivity contribution is 5.66. The predicted octanol–water partition coefficient (Wildman–Crippen LogP) is 2.75. The normalized spacial score (nSPS) is 10.7. The van der Waals surface area contributed by atoms with Crippen LogP contribution in [0, 0.1) is 0 Å². The molecular weight excluding hydrogens is 226 g/mol. The highest BCUT2D eigenvalue weighted by Crippen LogP contribution is 2.23. The Morgan fingerprint density at radius 2 is 2.11 bits per heavy atom. The topological polar surface area (TPSA) is 49.6 Å². The summed E-state index contributed by atoms with van der Waals surface area (Å²) in [4.78, 5) is 4.54. The molecule has 0 fully saturated rings. The van der Waals surface area contributed by atoms with E-state index in [0.29, 0.717) is 0 Å². The number of nitrogens with zero attached hydrogens (tertiary/aromatic N) is 2. The van der Waals surface area contributed by atoms with Crippen LogP contribution in [-0.4, -0.2) is 21.5 Å². The van der Waals surface area contributed by atoms with Crippen molar-refractivity contribution in [2.24, 2.45) is 0 Å². The van der Waals surface area contributed by atoms with Gasteiger partial charge in [0.15, 0.2) is 0 Å². The van der Waals surface area contributed by atoms with Crippen LogP contribution in [0.15, 0.2) is 48.8 Å². The van der Waals surface area contributed by atoms with E-state index in [-0.39, 0.29) is 5.75 Å². The molecule has 0 spiro atoms. The van der Waals surface area contributed by atoms with E-state index >= 15 is 0 Å². The van der Waals surface area contributed by atoms with Gasteiger partial charge in [-0.1, -0.05) is 12.1 Å². The monoisotopic (exact) mass is 239 g/mol. The summed E-state index contributed by atoms with van der Waals surface area (Å²) in [5, 5.41) is 12.6. The molecule has 0 aliphatic rings. The van der Waals surface area contributed by atoms with Gasteiger partial charge in [0.05, 0.1) is 5.69 Å². The van der Waals surface area contributed by atoms with E-state index in [0.717, 1.165) is 22.6 Å². The van der Waals surface area contributed by atoms with Crippen LogP contribution < -0.4 is 5.32 Å². The molecule has 0 saturated carbocycles. The van der Waals surface area contributed by atoms with Gasteiger partial charge < -0.3 is 14.8 Å². The molecule has 0 amide bonds. The molecule has 0 radical (unpaired) electrons. The summed E-state index contributed by atoms with van der Waals surface area (Å²) < 4.78 is 1.96. The zero-order chi connectivity index (χ0) is 12.5. The van der Waals surface area contributed by atoms with Crippen LogP contribution in [-0.2, 0) is 0 Å². The molecule has 0 bridgehead atoms. The van der Waals surface area contributed by atoms with E-state index in [4.69, 9.17) is 0 Å². The number of anilines is 1. The zero-order valence-electron chi connectivity index (χ0n) is 9.96. The number of phenols is 1. The number of hydrogen-bond donors (Lipinski definition) is 2. The van der Waals surface area contributed by atoms with Gasteiger partial charge in [-0.2, -0.15) is 0 Å². The lowest BCUT2D eigenvalue weighted by Gasteiger charge is -1.98. The lowest BCUT2D eigenvalue weighted by molar-refractivity contribution is 0.475. The van der Waals surface area contributed by atoms with Gasteiger partial charge in [0.2, 0.25) is 0 Å². The standard InChI is InChI=1S/C14H13N3O/c1-15-11-5-6-17-9-13(16-14(17)8-11)10-3-2-4-12(18)7-10/h2-9,15,18H,1H3. The van der Waals surface area contributed by atoms with Crippen molar-refractivity contribution in [3.8, 4) is 17.0 Å². The maximum atomic E-state index is 9.49. The number of rotatable bonds is 2. The molecule has 1 aromatic carbocycles. The summed E-state index contributed by atoms with van der Waals surface area (Å²) in [6.07, 6.45) is 3.91. The zero-order valence-corrected chi connectivity index (χ0v) is 9.96. The number of aromatic nitrogens is 2. The van der Waals surface area contributed by atoms with E-state index in [9.17, 15) is 5.11 Å². The Morgan fingerprint density at radius 3 is 2.89 bits per heavy atom. The summed E-state index contributed by atoms with van der Waals surface area (Å²) in [6.45, 7) is 0. The lowest BCUT2D eigenvalue weighted by atomic mass is 10.2. The minimum absolute atomic E-state index is 0.250. The summed E-state index contributed by atoms with van der Waals surface area (Å²) in [6, 6.07) is 11.1. The first-order valence-electron chi connectivity index (χ1n) is 5.72. The van der Waals surface area contributed by atoms with Crippen molar-refractivity contribution in [3.63, 3.8) is 0 Å². The van der Waals surface area contributed by atoms with Crippen LogP contribution in [0.25, 0.3) is 16.9 Å². The van der Waals surface area contributed by atoms with Gasteiger partial charge in [-0.3, -0.25) is 0 Å². The second kappa shape index (κ2) is 4.07. The summed E-state index contributed by atoms with van der Waals surface area (Å²) in [7, 11) is 1.88. The molecule has 3 aromatic rings. The maximum absolute atomic E-state index is 9.49. The molecule has 18 heavy (non-hydrogen) atoms. The number of phenolic OH excluding ortho intramolecular Hbond substituents is 1. The molecule has 0 saturated heterocycles. The largest absolute Gasteiger partial charge is 0.508 e. The maximum Gasteiger partial charge on any atom is 0.139 e. The Labute approximate surface area is 105 Å². The second-order valence-corrected chi connectivity index (χ2v) is 4.11. The number of fused-ring (bicyclic) bond motifs is 1. The molecule has 4 heteroatoms. The molecule has 3 rings (SSSR count). The van der Waals surface area contributed by atoms with Crippen LogP contribution in [0.5, 0.6) is 5.75 Å². The van der Waals surface area contributed by atoms with Crippen LogP contribution in [0.2, 0.25) is 0 Å². The fraction of sp³-hybridized carbons (Fsp3) is 0.0714. The van der Waals surface area contributed by atoms with Crippen molar-refractivity contribution in [3.05, 3.63) is 48.8 Å². The third-order valence-electron chi connectivity index (χ3n) is 2.89. The van der Waals surface area contributed by atoms with Gasteiger partial charge in [-0.15, -0.1) is 0 Å². The molecule has 4 nitrogen and oxygen atoms in total. The minimum atomic E-state index is 0.250. The Hall–Kier alpha value is -2.49. The lowest BCUT2D eigenvalue weighted by Crippen LogP contribution is -1.89. The number of hydrogen-bond acceptors (Lipinski definition) is 3. The van der Waals surface area contributed by atoms with Crippen molar-refractivity contribution in [1.29, 1.82) is 0 Å². The van der Waals surface area contributed by atoms with Crippen LogP contribution in [0.1, 0.15) is 0 Å². The van der Waals surface area contributed by atoms with E-state index in [2.05, 4.69) is 10.3 Å². The third kappa shape index (κ3) is 1.78. The van der Waals surface area contributed by atoms with Crippen molar-refractivity contribution < 1.29 is 5.11 Å². The van der Waals surface area contributed by atoms with Crippen molar-refractivity contribution in [1.82, 2.24) is 9.38 Å². The van der Waals surface area contributed by atoms with Crippen LogP contribution in [0.3, 0.4) is 0 Å². The van der Waals surface area contributed by atoms with E-state index in [1.165, 1.54) is 0 Å². The Bertz CT molecular complexity index is 703. The molecule has 0 unspecified atom stereocenters. The summed E-state index contributed by atoms with van der Waals surface area (Å²) in [5.74, 6) is 0.250. The molecule has 90 valence electrons. The minimum Gasteiger partial charge on any atom is -0.508 e. The van der Waals surface area contributed by atoms with E-state index in [1.807, 2.05) is 48.1 Å². The number of imidazole rings is 1. The van der Waals surface area contributed by atoms with Crippen LogP contribution >= 0.6 is 0 Å². The molecule has 2 N–H and O–H groups in total. The number of aromatic hydroxyl groups is 1. The first-order chi connectivity index (χ1) is 8.76. The number of pyridine rings is 1. The Kier molecular flexibility index (Phi) is 2.41. The van der Waals surface area contributed by atoms with Gasteiger partial charge >= 0.3 is 0 Å². The van der Waals surface area contributed by atoms with Gasteiger partial charge in [0, 0.05) is 36.8 Å². The number of benzene rings is 1. The highest BCUT2D eigenvalue weighted by atomic mass is 16.3. The molecular formula is C14H13N3O. The Balaban J connectivity index is 2.13. The van der Waals surface area contributed by atoms with Crippen molar-refractivity contribution in [2.75, 3.05) is 12.4 Å². The van der Waals surface area contributed by atoms with Gasteiger partial charge in [-0.25, -0.2) is 4.98 Å². The van der Waals surface area contributed by atoms with Crippen molar-refractivity contribution >= 4 is 11.3 Å². The summed E-state index contributed by atoms with van der Waals surface area (Å²) >= 11 is 0. The number of nitrogens with one attached hydrogen (secondary N) is 1. The van der Waals surface area contributed by atoms with Gasteiger partial charge in [0.25, 0.3) is 0 Å². The van der Waals surface area contributed by atoms with Crippen molar-refractivity contribution in [2.45, 2.75) is 0 Å². The quantitative estimate of drug-likeness (QED) is 0.723. The summed E-state index contributed by atoms with van der Waals surface area (Å²) in [5.41, 5.74) is 3.65. The Morgan fingerprint density at radius 1 is 1.22 bits per heavy atom. The molecule has 2 heterocycles. The van der Waals surface area contributed by atoms with E-state index < -0.39 is 0 Å². The second-order valence-electron chi connectivity index (χ2n) is 4.11. The van der Waals surface area contributed by atoms with Crippen LogP contribution in [0.4, 0.5) is 5.69 Å². The predicted molar refractivity (Wildman–Crippen MR) is 71.8 cm³/mol. The average molecular weight is 239 g/mol. The molecule has 2 aromatic heterocycles. The van der Waals surface area contributed by atoms with Gasteiger partial charge in [-0.05, 0) is 18.2 Å². The van der Waals surface area contributed by atoms with Gasteiger partial charge in [0.1, 0.15) is 11.4 Å². The van der Waals surface area contributed by atoms with E-state index in [1.54, 1.807) is 12.1 Å². The molecule has 0 aliphatic heterocycles. The first-order valence-corrected chi connectivity index (χ1v) is 5.72. The smallest absolute Gasteiger partial charge is 0.139 e. The SMILES string of the molecule is CNc1ccn2cc(-c3cccc(O)c3)nc2c1. The molecule has 0 aliphatic carbocycles. The average Bonchev–Trinajstić information content (AvgIpc) is 2.81.